The summed E-state index contributed by atoms with van der Waals surface area (Å²) in [5.74, 6) is 1.51. The molecule has 0 bridgehead atoms. The molecule has 0 aliphatic carbocycles. The van der Waals surface area contributed by atoms with Crippen molar-refractivity contribution >= 4 is 5.69 Å². The summed E-state index contributed by atoms with van der Waals surface area (Å²) in [4.78, 5) is 0. The summed E-state index contributed by atoms with van der Waals surface area (Å²) < 4.78 is 12.5. The summed E-state index contributed by atoms with van der Waals surface area (Å²) in [6.07, 6.45) is 1.91. The van der Waals surface area contributed by atoms with Crippen LogP contribution in [0.25, 0.3) is 16.9 Å². The highest BCUT2D eigenvalue weighted by atomic mass is 16.7. The second kappa shape index (κ2) is 4.56. The molecule has 3 aromatic rings. The molecule has 0 atom stereocenters. The number of hydrogen-bond acceptors (Lipinski definition) is 4. The van der Waals surface area contributed by atoms with Crippen molar-refractivity contribution in [1.82, 2.24) is 9.78 Å². The van der Waals surface area contributed by atoms with E-state index in [1.807, 2.05) is 54.7 Å². The van der Waals surface area contributed by atoms with Gasteiger partial charge < -0.3 is 15.2 Å². The predicted octanol–water partition coefficient (Wildman–Crippen LogP) is 2.85. The van der Waals surface area contributed by atoms with E-state index < -0.39 is 0 Å². The van der Waals surface area contributed by atoms with Gasteiger partial charge >= 0.3 is 0 Å². The number of nitrogens with zero attached hydrogens (tertiary/aromatic N) is 2. The molecule has 0 fully saturated rings. The van der Waals surface area contributed by atoms with Crippen LogP contribution >= 0.6 is 0 Å². The number of anilines is 1. The van der Waals surface area contributed by atoms with E-state index in [-0.39, 0.29) is 6.79 Å². The van der Waals surface area contributed by atoms with Crippen molar-refractivity contribution in [2.75, 3.05) is 12.5 Å². The molecule has 0 saturated carbocycles. The second-order valence-corrected chi connectivity index (χ2v) is 4.81. The van der Waals surface area contributed by atoms with Gasteiger partial charge in [0.1, 0.15) is 0 Å². The van der Waals surface area contributed by atoms with Crippen LogP contribution in [-0.4, -0.2) is 16.6 Å². The summed E-state index contributed by atoms with van der Waals surface area (Å²) in [7, 11) is 0. The van der Waals surface area contributed by atoms with Gasteiger partial charge in [-0.2, -0.15) is 5.10 Å². The third kappa shape index (κ3) is 2.08. The van der Waals surface area contributed by atoms with E-state index in [1.54, 1.807) is 4.68 Å². The lowest BCUT2D eigenvalue weighted by atomic mass is 10.1. The van der Waals surface area contributed by atoms with Gasteiger partial charge in [-0.3, -0.25) is 0 Å². The Hall–Kier alpha value is -2.95. The molecule has 104 valence electrons. The molecule has 0 unspecified atom stereocenters. The van der Waals surface area contributed by atoms with Crippen LogP contribution in [0.15, 0.2) is 54.7 Å². The summed E-state index contributed by atoms with van der Waals surface area (Å²) in [6.45, 7) is 0.270. The van der Waals surface area contributed by atoms with Crippen LogP contribution in [0, 0.1) is 0 Å². The summed E-state index contributed by atoms with van der Waals surface area (Å²) in [5.41, 5.74) is 9.33. The maximum Gasteiger partial charge on any atom is 0.231 e. The molecule has 1 aliphatic rings. The Morgan fingerprint density at radius 3 is 2.81 bits per heavy atom. The Labute approximate surface area is 121 Å². The van der Waals surface area contributed by atoms with Crippen LogP contribution in [-0.2, 0) is 0 Å². The number of benzene rings is 2. The number of nitrogen functional groups attached to an aromatic ring is 1. The molecular formula is C16H13N3O2. The van der Waals surface area contributed by atoms with Crippen LogP contribution in [0.2, 0.25) is 0 Å². The Kier molecular flexibility index (Phi) is 2.57. The van der Waals surface area contributed by atoms with Crippen molar-refractivity contribution in [1.29, 1.82) is 0 Å². The Balaban J connectivity index is 1.71. The smallest absolute Gasteiger partial charge is 0.231 e. The van der Waals surface area contributed by atoms with Gasteiger partial charge in [-0.05, 0) is 30.3 Å². The molecule has 5 nitrogen and oxygen atoms in total. The highest BCUT2D eigenvalue weighted by molar-refractivity contribution is 5.64. The standard InChI is InChI=1S/C16H13N3O2/c17-12-3-1-2-11(8-12)14-6-7-19(18-14)13-4-5-15-16(9-13)21-10-20-15/h1-9H,10,17H2. The molecule has 1 aliphatic heterocycles. The molecule has 0 radical (unpaired) electrons. The quantitative estimate of drug-likeness (QED) is 0.733. The number of nitrogens with two attached hydrogens (primary N) is 1. The van der Waals surface area contributed by atoms with Crippen LogP contribution in [0.1, 0.15) is 0 Å². The van der Waals surface area contributed by atoms with Gasteiger partial charge in [0, 0.05) is 23.5 Å². The highest BCUT2D eigenvalue weighted by Crippen LogP contribution is 2.33. The van der Waals surface area contributed by atoms with E-state index in [9.17, 15) is 0 Å². The first-order valence-corrected chi connectivity index (χ1v) is 6.61. The lowest BCUT2D eigenvalue weighted by molar-refractivity contribution is 0.174. The molecule has 1 aromatic heterocycles. The number of hydrogen-bond donors (Lipinski definition) is 1. The van der Waals surface area contributed by atoms with Crippen molar-refractivity contribution in [2.24, 2.45) is 0 Å². The monoisotopic (exact) mass is 279 g/mol. The van der Waals surface area contributed by atoms with Gasteiger partial charge in [0.25, 0.3) is 0 Å². The molecule has 2 aromatic carbocycles. The number of aromatic nitrogens is 2. The van der Waals surface area contributed by atoms with E-state index >= 15 is 0 Å². The third-order valence-electron chi connectivity index (χ3n) is 3.39. The Morgan fingerprint density at radius 2 is 1.90 bits per heavy atom. The van der Waals surface area contributed by atoms with Crippen molar-refractivity contribution in [3.8, 4) is 28.4 Å². The molecule has 4 rings (SSSR count). The molecule has 0 amide bonds. The first kappa shape index (κ1) is 11.8. The van der Waals surface area contributed by atoms with Gasteiger partial charge in [0.2, 0.25) is 6.79 Å². The lowest BCUT2D eigenvalue weighted by Gasteiger charge is -2.03. The van der Waals surface area contributed by atoms with Gasteiger partial charge in [-0.1, -0.05) is 12.1 Å². The molecule has 2 N–H and O–H groups in total. The largest absolute Gasteiger partial charge is 0.454 e. The first-order chi connectivity index (χ1) is 10.3. The molecule has 21 heavy (non-hydrogen) atoms. The SMILES string of the molecule is Nc1cccc(-c2ccn(-c3ccc4c(c3)OCO4)n2)c1. The second-order valence-electron chi connectivity index (χ2n) is 4.81. The Morgan fingerprint density at radius 1 is 1.00 bits per heavy atom. The van der Waals surface area contributed by atoms with Crippen molar-refractivity contribution in [3.63, 3.8) is 0 Å². The number of ether oxygens (including phenoxy) is 2. The average Bonchev–Trinajstić information content (AvgIpc) is 3.15. The van der Waals surface area contributed by atoms with Gasteiger partial charge in [0.15, 0.2) is 11.5 Å². The predicted molar refractivity (Wildman–Crippen MR) is 79.5 cm³/mol. The molecular weight excluding hydrogens is 266 g/mol. The summed E-state index contributed by atoms with van der Waals surface area (Å²) in [5, 5.41) is 4.58. The zero-order chi connectivity index (χ0) is 14.2. The van der Waals surface area contributed by atoms with E-state index in [0.717, 1.165) is 34.1 Å². The van der Waals surface area contributed by atoms with Crippen molar-refractivity contribution in [2.45, 2.75) is 0 Å². The van der Waals surface area contributed by atoms with Crippen molar-refractivity contribution < 1.29 is 9.47 Å². The van der Waals surface area contributed by atoms with Crippen LogP contribution in [0.4, 0.5) is 5.69 Å². The fraction of sp³-hybridized carbons (Fsp3) is 0.0625. The van der Waals surface area contributed by atoms with Gasteiger partial charge in [-0.25, -0.2) is 4.68 Å². The summed E-state index contributed by atoms with van der Waals surface area (Å²) in [6, 6.07) is 15.4. The van der Waals surface area contributed by atoms with Crippen molar-refractivity contribution in [3.05, 3.63) is 54.7 Å². The highest BCUT2D eigenvalue weighted by Gasteiger charge is 2.14. The normalized spacial score (nSPS) is 12.6. The Bertz CT molecular complexity index is 811. The fourth-order valence-corrected chi connectivity index (χ4v) is 2.35. The lowest BCUT2D eigenvalue weighted by Crippen LogP contribution is -1.95. The van der Waals surface area contributed by atoms with E-state index in [1.165, 1.54) is 0 Å². The maximum atomic E-state index is 5.81. The minimum Gasteiger partial charge on any atom is -0.454 e. The fourth-order valence-electron chi connectivity index (χ4n) is 2.35. The number of fused-ring (bicyclic) bond motifs is 1. The van der Waals surface area contributed by atoms with Gasteiger partial charge in [-0.15, -0.1) is 0 Å². The zero-order valence-electron chi connectivity index (χ0n) is 11.2. The first-order valence-electron chi connectivity index (χ1n) is 6.61. The topological polar surface area (TPSA) is 62.3 Å². The van der Waals surface area contributed by atoms with Crippen LogP contribution in [0.5, 0.6) is 11.5 Å². The molecule has 0 spiro atoms. The average molecular weight is 279 g/mol. The maximum absolute atomic E-state index is 5.81. The van der Waals surface area contributed by atoms with Crippen LogP contribution < -0.4 is 15.2 Å². The van der Waals surface area contributed by atoms with Gasteiger partial charge in [0.05, 0.1) is 11.4 Å². The molecule has 0 saturated heterocycles. The summed E-state index contributed by atoms with van der Waals surface area (Å²) >= 11 is 0. The minimum absolute atomic E-state index is 0.270. The molecule has 2 heterocycles. The van der Waals surface area contributed by atoms with E-state index in [0.29, 0.717) is 0 Å². The van der Waals surface area contributed by atoms with E-state index in [2.05, 4.69) is 5.10 Å². The van der Waals surface area contributed by atoms with Crippen LogP contribution in [0.3, 0.4) is 0 Å². The number of rotatable bonds is 2. The van der Waals surface area contributed by atoms with E-state index in [4.69, 9.17) is 15.2 Å². The zero-order valence-corrected chi connectivity index (χ0v) is 11.2. The molecule has 5 heteroatoms. The minimum atomic E-state index is 0.270. The third-order valence-corrected chi connectivity index (χ3v) is 3.39.